The monoisotopic (exact) mass is 586 g/mol. The summed E-state index contributed by atoms with van der Waals surface area (Å²) in [4.78, 5) is 26.4. The van der Waals surface area contributed by atoms with Gasteiger partial charge in [0.05, 0.1) is 26.3 Å². The molecule has 0 spiro atoms. The van der Waals surface area contributed by atoms with Crippen molar-refractivity contribution in [3.05, 3.63) is 123 Å². The van der Waals surface area contributed by atoms with Crippen LogP contribution >= 0.6 is 34.8 Å². The molecule has 0 unspecified atom stereocenters. The van der Waals surface area contributed by atoms with Gasteiger partial charge in [-0.2, -0.15) is 0 Å². The first-order chi connectivity index (χ1) is 18.1. The van der Waals surface area contributed by atoms with E-state index in [1.54, 1.807) is 42.5 Å². The maximum Gasteiger partial charge on any atom is 0.264 e. The first-order valence-electron chi connectivity index (χ1n) is 11.3. The van der Waals surface area contributed by atoms with E-state index in [1.165, 1.54) is 48.5 Å². The SMILES string of the molecule is Cc1ccc(S(=O)(=O)N(CC(=O)Nc2ccc(Cl)cc2C(=O)c2ccccc2)c2ccc(Cl)c(Cl)c2)cc1. The van der Waals surface area contributed by atoms with Crippen molar-refractivity contribution in [3.8, 4) is 0 Å². The van der Waals surface area contributed by atoms with Gasteiger partial charge in [0, 0.05) is 16.1 Å². The fourth-order valence-corrected chi connectivity index (χ4v) is 5.55. The van der Waals surface area contributed by atoms with Gasteiger partial charge in [-0.05, 0) is 55.5 Å². The standard InChI is InChI=1S/C28H21Cl3N2O4S/c1-18-7-11-22(12-8-18)38(36,37)33(21-10-13-24(30)25(31)16-21)17-27(34)32-26-14-9-20(29)15-23(26)28(35)19-5-3-2-4-6-19/h2-16H,17H2,1H3,(H,32,34). The van der Waals surface area contributed by atoms with Crippen molar-refractivity contribution in [3.63, 3.8) is 0 Å². The topological polar surface area (TPSA) is 83.6 Å². The van der Waals surface area contributed by atoms with E-state index in [0.717, 1.165) is 9.87 Å². The summed E-state index contributed by atoms with van der Waals surface area (Å²) in [5, 5.41) is 3.33. The number of carbonyl (C=O) groups is 2. The normalized spacial score (nSPS) is 11.2. The summed E-state index contributed by atoms with van der Waals surface area (Å²) in [6.45, 7) is 1.23. The van der Waals surface area contributed by atoms with Crippen LogP contribution in [-0.2, 0) is 14.8 Å². The summed E-state index contributed by atoms with van der Waals surface area (Å²) >= 11 is 18.3. The molecule has 0 saturated heterocycles. The second kappa shape index (κ2) is 11.6. The zero-order valence-corrected chi connectivity index (χ0v) is 23.1. The number of rotatable bonds is 8. The lowest BCUT2D eigenvalue weighted by Gasteiger charge is -2.25. The summed E-state index contributed by atoms with van der Waals surface area (Å²) in [7, 11) is -4.18. The molecule has 194 valence electrons. The number of sulfonamides is 1. The third kappa shape index (κ3) is 6.19. The number of halogens is 3. The average molecular weight is 588 g/mol. The van der Waals surface area contributed by atoms with Gasteiger partial charge in [-0.15, -0.1) is 0 Å². The van der Waals surface area contributed by atoms with E-state index in [-0.39, 0.29) is 37.7 Å². The Labute approximate surface area is 235 Å². The minimum absolute atomic E-state index is 0.00610. The molecule has 0 aliphatic rings. The van der Waals surface area contributed by atoms with Crippen LogP contribution in [0.15, 0.2) is 95.9 Å². The van der Waals surface area contributed by atoms with Crippen molar-refractivity contribution in [2.75, 3.05) is 16.2 Å². The zero-order chi connectivity index (χ0) is 27.4. The van der Waals surface area contributed by atoms with E-state index in [2.05, 4.69) is 5.32 Å². The minimum atomic E-state index is -4.18. The molecule has 4 rings (SSSR count). The van der Waals surface area contributed by atoms with Crippen LogP contribution < -0.4 is 9.62 Å². The number of nitrogens with zero attached hydrogens (tertiary/aromatic N) is 1. The molecule has 0 radical (unpaired) electrons. The van der Waals surface area contributed by atoms with Gasteiger partial charge >= 0.3 is 0 Å². The minimum Gasteiger partial charge on any atom is -0.324 e. The quantitative estimate of drug-likeness (QED) is 0.225. The number of aryl methyl sites for hydroxylation is 1. The van der Waals surface area contributed by atoms with Gasteiger partial charge in [0.1, 0.15) is 6.54 Å². The van der Waals surface area contributed by atoms with E-state index in [0.29, 0.717) is 10.6 Å². The van der Waals surface area contributed by atoms with Crippen LogP contribution in [0.4, 0.5) is 11.4 Å². The van der Waals surface area contributed by atoms with E-state index < -0.39 is 22.5 Å². The Hall–Kier alpha value is -3.36. The highest BCUT2D eigenvalue weighted by Crippen LogP contribution is 2.31. The molecule has 1 N–H and O–H groups in total. The van der Waals surface area contributed by atoms with Crippen LogP contribution in [0.3, 0.4) is 0 Å². The van der Waals surface area contributed by atoms with Gasteiger partial charge in [-0.1, -0.05) is 82.8 Å². The molecule has 4 aromatic carbocycles. The Morgan fingerprint density at radius 1 is 0.816 bits per heavy atom. The Kier molecular flexibility index (Phi) is 8.43. The number of amides is 1. The lowest BCUT2D eigenvalue weighted by molar-refractivity contribution is -0.114. The third-order valence-electron chi connectivity index (χ3n) is 5.62. The molecule has 10 heteroatoms. The summed E-state index contributed by atoms with van der Waals surface area (Å²) in [6, 6.07) is 23.5. The number of benzene rings is 4. The van der Waals surface area contributed by atoms with Crippen molar-refractivity contribution < 1.29 is 18.0 Å². The fourth-order valence-electron chi connectivity index (χ4n) is 3.67. The highest BCUT2D eigenvalue weighted by atomic mass is 35.5. The van der Waals surface area contributed by atoms with E-state index in [1.807, 2.05) is 6.92 Å². The Morgan fingerprint density at radius 2 is 1.50 bits per heavy atom. The molecule has 0 aliphatic heterocycles. The van der Waals surface area contributed by atoms with E-state index in [4.69, 9.17) is 34.8 Å². The van der Waals surface area contributed by atoms with Crippen molar-refractivity contribution in [1.29, 1.82) is 0 Å². The molecule has 0 aliphatic carbocycles. The number of carbonyl (C=O) groups excluding carboxylic acids is 2. The highest BCUT2D eigenvalue weighted by Gasteiger charge is 2.28. The zero-order valence-electron chi connectivity index (χ0n) is 20.0. The molecule has 38 heavy (non-hydrogen) atoms. The molecule has 0 bridgehead atoms. The molecule has 0 saturated carbocycles. The largest absolute Gasteiger partial charge is 0.324 e. The summed E-state index contributed by atoms with van der Waals surface area (Å²) < 4.78 is 28.2. The van der Waals surface area contributed by atoms with Gasteiger partial charge in [-0.3, -0.25) is 13.9 Å². The summed E-state index contributed by atoms with van der Waals surface area (Å²) in [5.74, 6) is -1.03. The van der Waals surface area contributed by atoms with E-state index >= 15 is 0 Å². The molecular formula is C28H21Cl3N2O4S. The van der Waals surface area contributed by atoms with Gasteiger partial charge in [0.25, 0.3) is 10.0 Å². The van der Waals surface area contributed by atoms with Crippen LogP contribution in [0.1, 0.15) is 21.5 Å². The second-order valence-electron chi connectivity index (χ2n) is 8.36. The molecular weight excluding hydrogens is 567 g/mol. The van der Waals surface area contributed by atoms with Crippen molar-refractivity contribution in [1.82, 2.24) is 0 Å². The molecule has 1 amide bonds. The predicted octanol–water partition coefficient (Wildman–Crippen LogP) is 7.02. The lowest BCUT2D eigenvalue weighted by atomic mass is 10.0. The number of hydrogen-bond donors (Lipinski definition) is 1. The molecule has 4 aromatic rings. The maximum absolute atomic E-state index is 13.6. The van der Waals surface area contributed by atoms with Crippen LogP contribution in [0.5, 0.6) is 0 Å². The van der Waals surface area contributed by atoms with Crippen LogP contribution in [0.2, 0.25) is 15.1 Å². The highest BCUT2D eigenvalue weighted by molar-refractivity contribution is 7.92. The number of anilines is 2. The van der Waals surface area contributed by atoms with Gasteiger partial charge in [0.2, 0.25) is 5.91 Å². The number of ketones is 1. The molecule has 0 atom stereocenters. The lowest BCUT2D eigenvalue weighted by Crippen LogP contribution is -2.38. The van der Waals surface area contributed by atoms with Crippen molar-refractivity contribution in [2.45, 2.75) is 11.8 Å². The van der Waals surface area contributed by atoms with Crippen LogP contribution in [0.25, 0.3) is 0 Å². The molecule has 0 fully saturated rings. The van der Waals surface area contributed by atoms with Gasteiger partial charge in [0.15, 0.2) is 5.78 Å². The first kappa shape index (κ1) is 27.7. The Balaban J connectivity index is 1.69. The average Bonchev–Trinajstić information content (AvgIpc) is 2.90. The predicted molar refractivity (Wildman–Crippen MR) is 152 cm³/mol. The van der Waals surface area contributed by atoms with Gasteiger partial charge in [-0.25, -0.2) is 8.42 Å². The summed E-state index contributed by atoms with van der Waals surface area (Å²) in [6.07, 6.45) is 0. The molecule has 0 heterocycles. The fraction of sp³-hybridized carbons (Fsp3) is 0.0714. The Bertz CT molecular complexity index is 1610. The van der Waals surface area contributed by atoms with Crippen LogP contribution in [-0.4, -0.2) is 26.7 Å². The van der Waals surface area contributed by atoms with Crippen molar-refractivity contribution >= 4 is 67.9 Å². The Morgan fingerprint density at radius 3 is 2.16 bits per heavy atom. The van der Waals surface area contributed by atoms with Crippen molar-refractivity contribution in [2.24, 2.45) is 0 Å². The molecule has 0 aromatic heterocycles. The van der Waals surface area contributed by atoms with E-state index in [9.17, 15) is 18.0 Å². The molecule has 6 nitrogen and oxygen atoms in total. The van der Waals surface area contributed by atoms with Gasteiger partial charge < -0.3 is 5.32 Å². The number of hydrogen-bond acceptors (Lipinski definition) is 4. The first-order valence-corrected chi connectivity index (χ1v) is 13.9. The maximum atomic E-state index is 13.6. The number of nitrogens with one attached hydrogen (secondary N) is 1. The van der Waals surface area contributed by atoms with Crippen LogP contribution in [0, 0.1) is 6.92 Å². The third-order valence-corrected chi connectivity index (χ3v) is 8.39. The smallest absolute Gasteiger partial charge is 0.264 e. The summed E-state index contributed by atoms with van der Waals surface area (Å²) in [5.41, 5.74) is 1.78. The second-order valence-corrected chi connectivity index (χ2v) is 11.5.